The van der Waals surface area contributed by atoms with Crippen molar-refractivity contribution >= 4 is 17.3 Å². The normalized spacial score (nSPS) is 13.9. The van der Waals surface area contributed by atoms with E-state index in [9.17, 15) is 14.9 Å². The second kappa shape index (κ2) is 6.74. The van der Waals surface area contributed by atoms with E-state index < -0.39 is 4.92 Å². The zero-order valence-corrected chi connectivity index (χ0v) is 13.2. The van der Waals surface area contributed by atoms with Gasteiger partial charge in [0, 0.05) is 25.6 Å². The van der Waals surface area contributed by atoms with E-state index in [1.54, 1.807) is 11.0 Å². The van der Waals surface area contributed by atoms with Gasteiger partial charge in [0.2, 0.25) is 5.91 Å². The summed E-state index contributed by atoms with van der Waals surface area (Å²) in [5.41, 5.74) is 1.46. The van der Waals surface area contributed by atoms with Crippen LogP contribution in [0.2, 0.25) is 0 Å². The lowest BCUT2D eigenvalue weighted by Crippen LogP contribution is -2.37. The number of carbonyl (C=O) groups is 1. The molecule has 7 heteroatoms. The molecule has 0 radical (unpaired) electrons. The van der Waals surface area contributed by atoms with Crippen LogP contribution in [-0.2, 0) is 11.2 Å². The van der Waals surface area contributed by atoms with Crippen molar-refractivity contribution in [3.05, 3.63) is 27.8 Å². The molecule has 0 saturated carbocycles. The number of aryl methyl sites for hydroxylation is 1. The van der Waals surface area contributed by atoms with Crippen molar-refractivity contribution in [3.63, 3.8) is 0 Å². The minimum absolute atomic E-state index is 0.00545. The van der Waals surface area contributed by atoms with Crippen LogP contribution in [0.4, 0.5) is 11.4 Å². The van der Waals surface area contributed by atoms with Gasteiger partial charge in [-0.2, -0.15) is 0 Å². The van der Waals surface area contributed by atoms with E-state index in [1.165, 1.54) is 13.2 Å². The molecule has 1 aromatic carbocycles. The highest BCUT2D eigenvalue weighted by Crippen LogP contribution is 2.37. The van der Waals surface area contributed by atoms with Gasteiger partial charge in [0.05, 0.1) is 17.7 Å². The fraction of sp³-hybridized carbons (Fsp3) is 0.533. The van der Waals surface area contributed by atoms with Gasteiger partial charge in [-0.1, -0.05) is 0 Å². The van der Waals surface area contributed by atoms with Crippen LogP contribution in [0.25, 0.3) is 0 Å². The third kappa shape index (κ3) is 3.36. The summed E-state index contributed by atoms with van der Waals surface area (Å²) in [4.78, 5) is 26.7. The summed E-state index contributed by atoms with van der Waals surface area (Å²) in [5.74, 6) is 0.237. The van der Waals surface area contributed by atoms with Crippen LogP contribution < -0.4 is 9.64 Å². The second-order valence-corrected chi connectivity index (χ2v) is 5.61. The van der Waals surface area contributed by atoms with Crippen molar-refractivity contribution in [2.75, 3.05) is 39.2 Å². The molecule has 0 fully saturated rings. The highest BCUT2D eigenvalue weighted by Gasteiger charge is 2.27. The van der Waals surface area contributed by atoms with E-state index in [0.717, 1.165) is 18.4 Å². The topological polar surface area (TPSA) is 75.9 Å². The van der Waals surface area contributed by atoms with E-state index in [2.05, 4.69) is 0 Å². The number of hydrogen-bond acceptors (Lipinski definition) is 5. The first kappa shape index (κ1) is 16.2. The fourth-order valence-corrected chi connectivity index (χ4v) is 2.62. The number of ether oxygens (including phenoxy) is 1. The van der Waals surface area contributed by atoms with Crippen molar-refractivity contribution in [2.24, 2.45) is 0 Å². The number of amides is 1. The first-order valence-electron chi connectivity index (χ1n) is 7.24. The molecule has 1 aromatic rings. The van der Waals surface area contributed by atoms with E-state index in [0.29, 0.717) is 25.2 Å². The van der Waals surface area contributed by atoms with E-state index >= 15 is 0 Å². The molecule has 0 unspecified atom stereocenters. The summed E-state index contributed by atoms with van der Waals surface area (Å²) in [6.07, 6.45) is 2.04. The van der Waals surface area contributed by atoms with Crippen molar-refractivity contribution in [3.8, 4) is 5.75 Å². The largest absolute Gasteiger partial charge is 0.490 e. The Labute approximate surface area is 129 Å². The molecule has 0 saturated heterocycles. The van der Waals surface area contributed by atoms with Crippen LogP contribution in [0.15, 0.2) is 12.1 Å². The number of anilines is 1. The molecule has 22 heavy (non-hydrogen) atoms. The first-order chi connectivity index (χ1) is 10.4. The molecule has 0 spiro atoms. The van der Waals surface area contributed by atoms with Crippen molar-refractivity contribution in [1.29, 1.82) is 0 Å². The highest BCUT2D eigenvalue weighted by atomic mass is 16.6. The van der Waals surface area contributed by atoms with Gasteiger partial charge in [-0.05, 0) is 38.6 Å². The van der Waals surface area contributed by atoms with Crippen LogP contribution in [0, 0.1) is 10.1 Å². The lowest BCUT2D eigenvalue weighted by molar-refractivity contribution is -0.385. The Morgan fingerprint density at radius 2 is 2.18 bits per heavy atom. The Morgan fingerprint density at radius 1 is 1.45 bits per heavy atom. The van der Waals surface area contributed by atoms with Crippen LogP contribution in [0.5, 0.6) is 5.75 Å². The van der Waals surface area contributed by atoms with Crippen LogP contribution in [0.1, 0.15) is 18.4 Å². The van der Waals surface area contributed by atoms with Gasteiger partial charge in [-0.15, -0.1) is 0 Å². The van der Waals surface area contributed by atoms with Gasteiger partial charge < -0.3 is 14.5 Å². The maximum atomic E-state index is 12.4. The first-order valence-corrected chi connectivity index (χ1v) is 7.24. The highest BCUT2D eigenvalue weighted by molar-refractivity contribution is 5.95. The van der Waals surface area contributed by atoms with Gasteiger partial charge in [0.25, 0.3) is 0 Å². The smallest absolute Gasteiger partial charge is 0.313 e. The molecule has 0 aliphatic carbocycles. The number of nitro benzene ring substituents is 1. The summed E-state index contributed by atoms with van der Waals surface area (Å²) in [5, 5.41) is 11.2. The monoisotopic (exact) mass is 307 g/mol. The van der Waals surface area contributed by atoms with Crippen LogP contribution in [0.3, 0.4) is 0 Å². The molecule has 7 nitrogen and oxygen atoms in total. The third-order valence-electron chi connectivity index (χ3n) is 3.77. The molecule has 0 atom stereocenters. The predicted molar refractivity (Wildman–Crippen MR) is 83.5 cm³/mol. The van der Waals surface area contributed by atoms with Crippen molar-refractivity contribution in [1.82, 2.24) is 4.90 Å². The minimum Gasteiger partial charge on any atom is -0.490 e. The van der Waals surface area contributed by atoms with E-state index in [4.69, 9.17) is 4.74 Å². The zero-order valence-electron chi connectivity index (χ0n) is 13.2. The van der Waals surface area contributed by atoms with E-state index in [1.807, 2.05) is 19.0 Å². The molecule has 120 valence electrons. The molecular formula is C15H21N3O4. The summed E-state index contributed by atoms with van der Waals surface area (Å²) >= 11 is 0. The molecule has 2 rings (SSSR count). The number of carbonyl (C=O) groups excluding carboxylic acids is 1. The maximum Gasteiger partial charge on any atom is 0.313 e. The molecule has 0 bridgehead atoms. The number of nitrogens with zero attached hydrogens (tertiary/aromatic N) is 3. The van der Waals surface area contributed by atoms with Gasteiger partial charge in [-0.25, -0.2) is 0 Å². The van der Waals surface area contributed by atoms with Gasteiger partial charge >= 0.3 is 5.69 Å². The quantitative estimate of drug-likeness (QED) is 0.613. The van der Waals surface area contributed by atoms with Crippen molar-refractivity contribution < 1.29 is 14.5 Å². The Balaban J connectivity index is 2.34. The summed E-state index contributed by atoms with van der Waals surface area (Å²) in [6.45, 7) is 1.26. The Morgan fingerprint density at radius 3 is 2.77 bits per heavy atom. The standard InChI is InChI=1S/C15H21N3O4/c1-16(2)8-6-15(19)17-7-4-5-11-9-14(22-3)13(18(20)21)10-12(11)17/h9-10H,4-8H2,1-3H3. The maximum absolute atomic E-state index is 12.4. The van der Waals surface area contributed by atoms with E-state index in [-0.39, 0.29) is 17.3 Å². The molecular weight excluding hydrogens is 286 g/mol. The summed E-state index contributed by atoms with van der Waals surface area (Å²) in [6, 6.07) is 3.14. The third-order valence-corrected chi connectivity index (χ3v) is 3.77. The summed E-state index contributed by atoms with van der Waals surface area (Å²) < 4.78 is 5.10. The Hall–Kier alpha value is -2.15. The molecule has 1 heterocycles. The van der Waals surface area contributed by atoms with Crippen LogP contribution in [-0.4, -0.2) is 50.0 Å². The van der Waals surface area contributed by atoms with Gasteiger partial charge in [0.1, 0.15) is 0 Å². The molecule has 0 N–H and O–H groups in total. The van der Waals surface area contributed by atoms with Crippen molar-refractivity contribution in [2.45, 2.75) is 19.3 Å². The molecule has 1 amide bonds. The minimum atomic E-state index is -0.476. The van der Waals surface area contributed by atoms with Crippen LogP contribution >= 0.6 is 0 Å². The average molecular weight is 307 g/mol. The number of methoxy groups -OCH3 is 1. The predicted octanol–water partition coefficient (Wildman–Crippen LogP) is 1.83. The Bertz CT molecular complexity index is 586. The number of rotatable bonds is 5. The molecule has 1 aliphatic heterocycles. The van der Waals surface area contributed by atoms with Gasteiger partial charge in [0.15, 0.2) is 5.75 Å². The summed E-state index contributed by atoms with van der Waals surface area (Å²) in [7, 11) is 5.23. The lowest BCUT2D eigenvalue weighted by Gasteiger charge is -2.30. The SMILES string of the molecule is COc1cc2c(cc1[N+](=O)[O-])N(C(=O)CCN(C)C)CCC2. The number of hydrogen-bond donors (Lipinski definition) is 0. The fourth-order valence-electron chi connectivity index (χ4n) is 2.62. The zero-order chi connectivity index (χ0) is 16.3. The average Bonchev–Trinajstić information content (AvgIpc) is 2.50. The molecule has 0 aromatic heterocycles. The van der Waals surface area contributed by atoms with Gasteiger partial charge in [-0.3, -0.25) is 14.9 Å². The number of fused-ring (bicyclic) bond motifs is 1. The number of benzene rings is 1. The lowest BCUT2D eigenvalue weighted by atomic mass is 10.00. The second-order valence-electron chi connectivity index (χ2n) is 5.61. The Kier molecular flexibility index (Phi) is 4.97. The molecule has 1 aliphatic rings. The number of nitro groups is 1.